The molecule has 4 heteroatoms. The number of carbonyl (C=O) groups excluding carboxylic acids is 1. The molecule has 0 saturated heterocycles. The molecule has 0 rings (SSSR count). The van der Waals surface area contributed by atoms with Crippen molar-refractivity contribution in [1.29, 1.82) is 0 Å². The minimum Gasteiger partial charge on any atom is -0.394 e. The molecule has 0 saturated carbocycles. The van der Waals surface area contributed by atoms with E-state index in [4.69, 9.17) is 0 Å². The summed E-state index contributed by atoms with van der Waals surface area (Å²) >= 11 is 0. The number of nitrogens with one attached hydrogen (secondary N) is 1. The van der Waals surface area contributed by atoms with E-state index in [0.717, 1.165) is 51.4 Å². The van der Waals surface area contributed by atoms with E-state index in [1.54, 1.807) is 6.08 Å². The fourth-order valence-electron chi connectivity index (χ4n) is 11.9. The van der Waals surface area contributed by atoms with Crippen molar-refractivity contribution in [2.24, 2.45) is 0 Å². The number of amides is 1. The molecule has 0 radical (unpaired) electrons. The van der Waals surface area contributed by atoms with Crippen LogP contribution in [0.4, 0.5) is 0 Å². The summed E-state index contributed by atoms with van der Waals surface area (Å²) in [5.74, 6) is -0.0553. The normalized spacial score (nSPS) is 13.0. The van der Waals surface area contributed by atoms with E-state index < -0.39 is 12.1 Å². The highest BCUT2D eigenvalue weighted by molar-refractivity contribution is 5.76. The Kier molecular flexibility index (Phi) is 71.6. The van der Waals surface area contributed by atoms with Gasteiger partial charge in [0.2, 0.25) is 5.91 Å². The molecule has 2 unspecified atom stereocenters. The monoisotopic (exact) mass is 1150 g/mol. The van der Waals surface area contributed by atoms with E-state index in [1.165, 1.54) is 340 Å². The van der Waals surface area contributed by atoms with Gasteiger partial charge in [-0.25, -0.2) is 0 Å². The van der Waals surface area contributed by atoms with Crippen LogP contribution in [0.5, 0.6) is 0 Å². The minimum absolute atomic E-state index is 0.0553. The first kappa shape index (κ1) is 80.1. The molecule has 1 amide bonds. The number of carbonyl (C=O) groups is 1. The summed E-state index contributed by atoms with van der Waals surface area (Å²) in [6.07, 6.45) is 105. The molecule has 0 heterocycles. The second-order valence-corrected chi connectivity index (χ2v) is 25.7. The summed E-state index contributed by atoms with van der Waals surface area (Å²) in [6.45, 7) is 4.24. The van der Waals surface area contributed by atoms with E-state index in [2.05, 4.69) is 67.8 Å². The van der Waals surface area contributed by atoms with Gasteiger partial charge >= 0.3 is 0 Å². The molecule has 0 bridgehead atoms. The van der Waals surface area contributed by atoms with E-state index in [-0.39, 0.29) is 12.5 Å². The van der Waals surface area contributed by atoms with Crippen LogP contribution < -0.4 is 5.32 Å². The predicted molar refractivity (Wildman–Crippen MR) is 368 cm³/mol. The minimum atomic E-state index is -0.841. The Morgan fingerprint density at radius 1 is 0.305 bits per heavy atom. The maximum Gasteiger partial charge on any atom is 0.220 e. The Morgan fingerprint density at radius 3 is 0.805 bits per heavy atom. The van der Waals surface area contributed by atoms with Crippen molar-refractivity contribution in [2.75, 3.05) is 6.61 Å². The van der Waals surface area contributed by atoms with Crippen molar-refractivity contribution in [3.8, 4) is 0 Å². The Balaban J connectivity index is 3.40. The van der Waals surface area contributed by atoms with Crippen LogP contribution >= 0.6 is 0 Å². The maximum atomic E-state index is 12.6. The lowest BCUT2D eigenvalue weighted by Crippen LogP contribution is -2.45. The molecule has 0 aromatic carbocycles. The van der Waals surface area contributed by atoms with E-state index in [9.17, 15) is 15.0 Å². The van der Waals surface area contributed by atoms with Crippen LogP contribution in [0, 0.1) is 0 Å². The zero-order chi connectivity index (χ0) is 59.1. The number of aliphatic hydroxyl groups excluding tert-OH is 2. The van der Waals surface area contributed by atoms with Crippen LogP contribution in [0.1, 0.15) is 412 Å². The van der Waals surface area contributed by atoms with Crippen molar-refractivity contribution >= 4 is 5.91 Å². The quantitative estimate of drug-likeness (QED) is 0.0420. The zero-order valence-electron chi connectivity index (χ0n) is 55.8. The van der Waals surface area contributed by atoms with Gasteiger partial charge in [-0.05, 0) is 57.8 Å². The van der Waals surface area contributed by atoms with E-state index in [1.807, 2.05) is 6.08 Å². The second kappa shape index (κ2) is 73.3. The van der Waals surface area contributed by atoms with Gasteiger partial charge < -0.3 is 15.5 Å². The van der Waals surface area contributed by atoms with Crippen LogP contribution in [0.2, 0.25) is 0 Å². The van der Waals surface area contributed by atoms with Crippen LogP contribution in [0.15, 0.2) is 60.8 Å². The van der Waals surface area contributed by atoms with Crippen molar-refractivity contribution in [3.63, 3.8) is 0 Å². The third-order valence-electron chi connectivity index (χ3n) is 17.5. The molecule has 0 aliphatic rings. The fourth-order valence-corrected chi connectivity index (χ4v) is 11.9. The van der Waals surface area contributed by atoms with Crippen molar-refractivity contribution in [2.45, 2.75) is 424 Å². The summed E-state index contributed by atoms with van der Waals surface area (Å²) in [5, 5.41) is 23.3. The molecule has 0 aromatic rings. The first-order valence-corrected chi connectivity index (χ1v) is 37.5. The lowest BCUT2D eigenvalue weighted by molar-refractivity contribution is -0.123. The molecular formula is C78H147NO3. The molecule has 3 N–H and O–H groups in total. The predicted octanol–water partition coefficient (Wildman–Crippen LogP) is 25.8. The molecule has 0 fully saturated rings. The van der Waals surface area contributed by atoms with Crippen molar-refractivity contribution in [1.82, 2.24) is 5.32 Å². The molecule has 4 nitrogen and oxygen atoms in total. The highest BCUT2D eigenvalue weighted by atomic mass is 16.3. The average Bonchev–Trinajstić information content (AvgIpc) is 3.50. The summed E-state index contributed by atoms with van der Waals surface area (Å²) in [4.78, 5) is 12.6. The van der Waals surface area contributed by atoms with Gasteiger partial charge in [-0.1, -0.05) is 408 Å². The first-order chi connectivity index (χ1) is 40.7. The molecule has 0 spiro atoms. The van der Waals surface area contributed by atoms with Gasteiger partial charge in [0.1, 0.15) is 0 Å². The van der Waals surface area contributed by atoms with Gasteiger partial charge in [-0.3, -0.25) is 4.79 Å². The number of rotatable bonds is 70. The summed E-state index contributed by atoms with van der Waals surface area (Å²) in [5.41, 5.74) is 0. The molecule has 0 aromatic heterocycles. The van der Waals surface area contributed by atoms with Crippen LogP contribution in [0.3, 0.4) is 0 Å². The van der Waals surface area contributed by atoms with Gasteiger partial charge in [-0.15, -0.1) is 0 Å². The van der Waals surface area contributed by atoms with Crippen LogP contribution in [0.25, 0.3) is 0 Å². The van der Waals surface area contributed by atoms with Crippen LogP contribution in [-0.2, 0) is 4.79 Å². The Morgan fingerprint density at radius 2 is 0.537 bits per heavy atom. The number of unbranched alkanes of at least 4 members (excludes halogenated alkanes) is 55. The number of hydrogen-bond donors (Lipinski definition) is 3. The molecule has 2 atom stereocenters. The highest BCUT2D eigenvalue weighted by Crippen LogP contribution is 2.20. The van der Waals surface area contributed by atoms with Gasteiger partial charge in [0.05, 0.1) is 18.8 Å². The second-order valence-electron chi connectivity index (χ2n) is 25.7. The molecular weight excluding hydrogens is 999 g/mol. The van der Waals surface area contributed by atoms with Gasteiger partial charge in [0.15, 0.2) is 0 Å². The van der Waals surface area contributed by atoms with Gasteiger partial charge in [0.25, 0.3) is 0 Å². The Labute approximate surface area is 515 Å². The van der Waals surface area contributed by atoms with Crippen molar-refractivity contribution < 1.29 is 15.0 Å². The SMILES string of the molecule is CC/C=C\C/C=C\C/C=C\C/C=C\CCCCCCCCCCCCCCCCCCCCCCCCCCCCC(=O)NC(CO)C(O)/C=C/CCCCCCCCCCCCCCCCCCCCCCCCCCCCCCC. The first-order valence-electron chi connectivity index (χ1n) is 37.5. The zero-order valence-corrected chi connectivity index (χ0v) is 55.8. The Bertz CT molecular complexity index is 1350. The fraction of sp³-hybridized carbons (Fsp3) is 0.859. The molecule has 482 valence electrons. The maximum absolute atomic E-state index is 12.6. The Hall–Kier alpha value is -1.91. The summed E-state index contributed by atoms with van der Waals surface area (Å²) in [6, 6.07) is -0.623. The van der Waals surface area contributed by atoms with E-state index >= 15 is 0 Å². The third-order valence-corrected chi connectivity index (χ3v) is 17.5. The topological polar surface area (TPSA) is 69.6 Å². The van der Waals surface area contributed by atoms with E-state index in [0.29, 0.717) is 6.42 Å². The molecule has 82 heavy (non-hydrogen) atoms. The lowest BCUT2D eigenvalue weighted by Gasteiger charge is -2.20. The van der Waals surface area contributed by atoms with Gasteiger partial charge in [0, 0.05) is 6.42 Å². The smallest absolute Gasteiger partial charge is 0.220 e. The highest BCUT2D eigenvalue weighted by Gasteiger charge is 2.18. The van der Waals surface area contributed by atoms with Gasteiger partial charge in [-0.2, -0.15) is 0 Å². The van der Waals surface area contributed by atoms with Crippen molar-refractivity contribution in [3.05, 3.63) is 60.8 Å². The summed E-state index contributed by atoms with van der Waals surface area (Å²) < 4.78 is 0. The number of hydrogen-bond acceptors (Lipinski definition) is 3. The lowest BCUT2D eigenvalue weighted by atomic mass is 10.0. The average molecular weight is 1150 g/mol. The van der Waals surface area contributed by atoms with Crippen LogP contribution in [-0.4, -0.2) is 34.9 Å². The standard InChI is InChI=1S/C78H147NO3/c1-3-5-7-9-11-13-15-17-19-21-23-25-27-29-31-33-35-36-37-38-39-40-41-42-44-46-48-50-52-54-56-58-60-62-64-66-68-70-72-74-78(82)79-76(75-80)77(81)73-71-69-67-65-63-61-59-57-55-53-51-49-47-45-43-34-32-30-28-26-24-22-20-18-16-14-12-10-8-6-4-2/h5,7,11,13,17,19,23,25,71,73,76-77,80-81H,3-4,6,8-10,12,14-16,18,20-22,24,26-70,72,74-75H2,1-2H3,(H,79,82)/b7-5-,13-11-,19-17-,25-23-,73-71+. The third kappa shape index (κ3) is 68.9. The number of aliphatic hydroxyl groups is 2. The number of allylic oxidation sites excluding steroid dienone is 9. The molecule has 0 aliphatic heterocycles. The largest absolute Gasteiger partial charge is 0.394 e. The summed E-state index contributed by atoms with van der Waals surface area (Å²) in [7, 11) is 0. The molecule has 0 aliphatic carbocycles.